The van der Waals surface area contributed by atoms with Crippen molar-refractivity contribution in [2.45, 2.75) is 11.4 Å². The van der Waals surface area contributed by atoms with Crippen molar-refractivity contribution in [1.82, 2.24) is 9.21 Å². The summed E-state index contributed by atoms with van der Waals surface area (Å²) >= 11 is 0. The van der Waals surface area contributed by atoms with E-state index in [0.717, 1.165) is 19.6 Å². The minimum Gasteiger partial charge on any atom is -0.298 e. The van der Waals surface area contributed by atoms with Crippen LogP contribution in [0.2, 0.25) is 0 Å². The van der Waals surface area contributed by atoms with Gasteiger partial charge in [-0.15, -0.1) is 0 Å². The first-order chi connectivity index (χ1) is 14.6. The van der Waals surface area contributed by atoms with Gasteiger partial charge in [0.1, 0.15) is 0 Å². The molecule has 0 aliphatic carbocycles. The molecule has 3 aromatic carbocycles. The van der Waals surface area contributed by atoms with Crippen molar-refractivity contribution >= 4 is 10.0 Å². The molecule has 0 amide bonds. The highest BCUT2D eigenvalue weighted by molar-refractivity contribution is 7.89. The Hall–Kier alpha value is -2.47. The van der Waals surface area contributed by atoms with Crippen molar-refractivity contribution in [3.05, 3.63) is 90.5 Å². The molecule has 5 heteroatoms. The molecule has 5 rings (SSSR count). The van der Waals surface area contributed by atoms with Crippen LogP contribution in [0.4, 0.5) is 0 Å². The van der Waals surface area contributed by atoms with E-state index in [1.54, 1.807) is 28.6 Å². The topological polar surface area (TPSA) is 40.6 Å². The van der Waals surface area contributed by atoms with Crippen molar-refractivity contribution in [3.8, 4) is 11.1 Å². The molecule has 0 aromatic heterocycles. The zero-order chi connectivity index (χ0) is 20.6. The molecule has 4 nitrogen and oxygen atoms in total. The summed E-state index contributed by atoms with van der Waals surface area (Å²) in [7, 11) is -3.37. The van der Waals surface area contributed by atoms with Crippen molar-refractivity contribution in [3.63, 3.8) is 0 Å². The molecule has 30 heavy (non-hydrogen) atoms. The smallest absolute Gasteiger partial charge is 0.243 e. The highest BCUT2D eigenvalue weighted by Crippen LogP contribution is 2.35. The SMILES string of the molecule is O=S(=O)(c1ccccc1)N1CC2CN(Cc3ccc(-c4ccccc4)cc3)CC2C1. The normalized spacial score (nSPS) is 22.3. The number of nitrogens with zero attached hydrogens (tertiary/aromatic N) is 2. The van der Waals surface area contributed by atoms with Gasteiger partial charge in [-0.1, -0.05) is 72.8 Å². The van der Waals surface area contributed by atoms with Gasteiger partial charge in [-0.25, -0.2) is 8.42 Å². The number of rotatable bonds is 5. The largest absolute Gasteiger partial charge is 0.298 e. The fourth-order valence-electron chi connectivity index (χ4n) is 4.81. The molecular weight excluding hydrogens is 392 g/mol. The van der Waals surface area contributed by atoms with Crippen LogP contribution in [0, 0.1) is 11.8 Å². The van der Waals surface area contributed by atoms with E-state index >= 15 is 0 Å². The van der Waals surface area contributed by atoms with E-state index in [-0.39, 0.29) is 0 Å². The lowest BCUT2D eigenvalue weighted by Gasteiger charge is -2.21. The number of likely N-dealkylation sites (tertiary alicyclic amines) is 1. The summed E-state index contributed by atoms with van der Waals surface area (Å²) < 4.78 is 27.5. The van der Waals surface area contributed by atoms with E-state index in [2.05, 4.69) is 53.4 Å². The Morgan fingerprint density at radius 2 is 1.20 bits per heavy atom. The quantitative estimate of drug-likeness (QED) is 0.626. The molecule has 2 unspecified atom stereocenters. The third-order valence-electron chi connectivity index (χ3n) is 6.38. The fraction of sp³-hybridized carbons (Fsp3) is 0.280. The van der Waals surface area contributed by atoms with Crippen LogP contribution in [-0.4, -0.2) is 43.8 Å². The Morgan fingerprint density at radius 3 is 1.80 bits per heavy atom. The average molecular weight is 419 g/mol. The van der Waals surface area contributed by atoms with Crippen molar-refractivity contribution in [2.24, 2.45) is 11.8 Å². The molecule has 2 aliphatic rings. The van der Waals surface area contributed by atoms with E-state index in [4.69, 9.17) is 0 Å². The van der Waals surface area contributed by atoms with Gasteiger partial charge in [0, 0.05) is 32.7 Å². The van der Waals surface area contributed by atoms with E-state index in [9.17, 15) is 8.42 Å². The van der Waals surface area contributed by atoms with Crippen LogP contribution in [-0.2, 0) is 16.6 Å². The van der Waals surface area contributed by atoms with Crippen LogP contribution in [0.5, 0.6) is 0 Å². The molecule has 2 heterocycles. The number of sulfonamides is 1. The van der Waals surface area contributed by atoms with Crippen LogP contribution in [0.3, 0.4) is 0 Å². The molecule has 0 spiro atoms. The number of fused-ring (bicyclic) bond motifs is 1. The minimum atomic E-state index is -3.37. The third kappa shape index (κ3) is 3.81. The molecule has 154 valence electrons. The summed E-state index contributed by atoms with van der Waals surface area (Å²) in [6.45, 7) is 4.11. The van der Waals surface area contributed by atoms with Gasteiger partial charge in [0.05, 0.1) is 4.90 Å². The van der Waals surface area contributed by atoms with Crippen LogP contribution in [0.15, 0.2) is 89.8 Å². The summed E-state index contributed by atoms with van der Waals surface area (Å²) in [6, 6.07) is 28.0. The molecule has 0 saturated carbocycles. The minimum absolute atomic E-state index is 0.403. The number of hydrogen-bond donors (Lipinski definition) is 0. The van der Waals surface area contributed by atoms with Crippen LogP contribution >= 0.6 is 0 Å². The fourth-order valence-corrected chi connectivity index (χ4v) is 6.38. The molecule has 0 bridgehead atoms. The van der Waals surface area contributed by atoms with Gasteiger partial charge in [0.2, 0.25) is 10.0 Å². The third-order valence-corrected chi connectivity index (χ3v) is 8.22. The van der Waals surface area contributed by atoms with Crippen molar-refractivity contribution in [1.29, 1.82) is 0 Å². The summed E-state index contributed by atoms with van der Waals surface area (Å²) in [6.07, 6.45) is 0. The van der Waals surface area contributed by atoms with Gasteiger partial charge < -0.3 is 0 Å². The average Bonchev–Trinajstić information content (AvgIpc) is 3.35. The molecule has 2 saturated heterocycles. The first-order valence-electron chi connectivity index (χ1n) is 10.5. The summed E-state index contributed by atoms with van der Waals surface area (Å²) in [4.78, 5) is 2.87. The maximum absolute atomic E-state index is 12.9. The second-order valence-corrected chi connectivity index (χ2v) is 10.4. The van der Waals surface area contributed by atoms with E-state index in [1.807, 2.05) is 12.1 Å². The van der Waals surface area contributed by atoms with Gasteiger partial charge >= 0.3 is 0 Å². The summed E-state index contributed by atoms with van der Waals surface area (Å²) in [5.41, 5.74) is 3.78. The monoisotopic (exact) mass is 418 g/mol. The Kier molecular flexibility index (Phi) is 5.19. The van der Waals surface area contributed by atoms with Gasteiger partial charge in [0.25, 0.3) is 0 Å². The molecule has 2 aliphatic heterocycles. The molecule has 0 radical (unpaired) electrons. The predicted molar refractivity (Wildman–Crippen MR) is 119 cm³/mol. The lowest BCUT2D eigenvalue weighted by atomic mass is 10.0. The highest BCUT2D eigenvalue weighted by Gasteiger charge is 2.44. The Morgan fingerprint density at radius 1 is 0.667 bits per heavy atom. The van der Waals surface area contributed by atoms with E-state index in [0.29, 0.717) is 29.8 Å². The Labute approximate surface area is 178 Å². The lowest BCUT2D eigenvalue weighted by molar-refractivity contribution is 0.289. The van der Waals surface area contributed by atoms with Gasteiger partial charge in [0.15, 0.2) is 0 Å². The first-order valence-corrected chi connectivity index (χ1v) is 12.0. The number of benzene rings is 3. The molecule has 0 N–H and O–H groups in total. The maximum Gasteiger partial charge on any atom is 0.243 e. The Bertz CT molecular complexity index is 1080. The first kappa shape index (κ1) is 19.5. The maximum atomic E-state index is 12.9. The zero-order valence-corrected chi connectivity index (χ0v) is 17.7. The van der Waals surface area contributed by atoms with Gasteiger partial charge in [-0.2, -0.15) is 4.31 Å². The van der Waals surface area contributed by atoms with Gasteiger partial charge in [-0.3, -0.25) is 4.90 Å². The lowest BCUT2D eigenvalue weighted by Crippen LogP contribution is -2.33. The molecule has 2 atom stereocenters. The van der Waals surface area contributed by atoms with Crippen LogP contribution in [0.1, 0.15) is 5.56 Å². The summed E-state index contributed by atoms with van der Waals surface area (Å²) in [5, 5.41) is 0. The van der Waals surface area contributed by atoms with Crippen molar-refractivity contribution < 1.29 is 8.42 Å². The molecular formula is C25H26N2O2S. The second kappa shape index (κ2) is 7.99. The highest BCUT2D eigenvalue weighted by atomic mass is 32.2. The molecule has 2 fully saturated rings. The summed E-state index contributed by atoms with van der Waals surface area (Å²) in [5.74, 6) is 0.846. The van der Waals surface area contributed by atoms with E-state index < -0.39 is 10.0 Å². The predicted octanol–water partition coefficient (Wildman–Crippen LogP) is 4.11. The zero-order valence-electron chi connectivity index (χ0n) is 16.9. The Balaban J connectivity index is 1.20. The van der Waals surface area contributed by atoms with Crippen LogP contribution < -0.4 is 0 Å². The standard InChI is InChI=1S/C25H26N2O2S/c28-30(29,25-9-5-2-6-10-25)27-18-23-16-26(17-24(23)19-27)15-20-11-13-22(14-12-20)21-7-3-1-4-8-21/h1-14,23-24H,15-19H2. The van der Waals surface area contributed by atoms with Gasteiger partial charge in [-0.05, 0) is 40.7 Å². The van der Waals surface area contributed by atoms with Crippen LogP contribution in [0.25, 0.3) is 11.1 Å². The van der Waals surface area contributed by atoms with Crippen molar-refractivity contribution in [2.75, 3.05) is 26.2 Å². The number of hydrogen-bond acceptors (Lipinski definition) is 3. The molecule has 3 aromatic rings. The van der Waals surface area contributed by atoms with E-state index in [1.165, 1.54) is 16.7 Å². The second-order valence-electron chi connectivity index (χ2n) is 8.41.